The first kappa shape index (κ1) is 16.1. The Kier molecular flexibility index (Phi) is 4.85. The summed E-state index contributed by atoms with van der Waals surface area (Å²) in [4.78, 5) is 21.7. The lowest BCUT2D eigenvalue weighted by Crippen LogP contribution is -2.43. The number of nitrogens with one attached hydrogen (secondary N) is 1. The maximum absolute atomic E-state index is 12.1. The predicted molar refractivity (Wildman–Crippen MR) is 71.5 cm³/mol. The highest BCUT2D eigenvalue weighted by Crippen LogP contribution is 2.17. The number of carbonyl (C=O) groups is 2. The highest BCUT2D eigenvalue weighted by atomic mass is 32.2. The van der Waals surface area contributed by atoms with Gasteiger partial charge in [0.1, 0.15) is 6.04 Å². The Balaban J connectivity index is 3.09. The first-order chi connectivity index (χ1) is 9.13. The van der Waals surface area contributed by atoms with Crippen LogP contribution in [0.25, 0.3) is 0 Å². The summed E-state index contributed by atoms with van der Waals surface area (Å²) in [5, 5.41) is 8.91. The van der Waals surface area contributed by atoms with E-state index in [9.17, 15) is 18.0 Å². The van der Waals surface area contributed by atoms with E-state index >= 15 is 0 Å². The molecule has 4 N–H and O–H groups in total. The SMILES string of the molecule is Cc1ccc(S(=O)(=O)N[C@H](CC(N)=O)C(=O)O)c(C)c1. The Bertz CT molecular complexity index is 639. The minimum Gasteiger partial charge on any atom is -0.480 e. The molecule has 0 saturated carbocycles. The second-order valence-corrected chi connectivity index (χ2v) is 6.13. The zero-order valence-electron chi connectivity index (χ0n) is 11.1. The summed E-state index contributed by atoms with van der Waals surface area (Å²) >= 11 is 0. The second-order valence-electron chi connectivity index (χ2n) is 4.45. The molecule has 1 aromatic carbocycles. The van der Waals surface area contributed by atoms with Gasteiger partial charge >= 0.3 is 5.97 Å². The molecular formula is C12H16N2O5S. The van der Waals surface area contributed by atoms with Crippen LogP contribution in [0.4, 0.5) is 0 Å². The van der Waals surface area contributed by atoms with Gasteiger partial charge in [0.25, 0.3) is 0 Å². The van der Waals surface area contributed by atoms with Gasteiger partial charge in [0.2, 0.25) is 15.9 Å². The summed E-state index contributed by atoms with van der Waals surface area (Å²) in [6.45, 7) is 3.41. The monoisotopic (exact) mass is 300 g/mol. The van der Waals surface area contributed by atoms with E-state index < -0.39 is 34.4 Å². The van der Waals surface area contributed by atoms with Crippen LogP contribution >= 0.6 is 0 Å². The normalized spacial score (nSPS) is 12.9. The van der Waals surface area contributed by atoms with Crippen LogP contribution in [0.1, 0.15) is 17.5 Å². The Labute approximate surface area is 116 Å². The number of hydrogen-bond donors (Lipinski definition) is 3. The van der Waals surface area contributed by atoms with Gasteiger partial charge in [-0.05, 0) is 25.5 Å². The minimum atomic E-state index is -4.04. The topological polar surface area (TPSA) is 127 Å². The molecule has 1 atom stereocenters. The number of carbonyl (C=O) groups excluding carboxylic acids is 1. The highest BCUT2D eigenvalue weighted by molar-refractivity contribution is 7.89. The largest absolute Gasteiger partial charge is 0.480 e. The van der Waals surface area contributed by atoms with Crippen molar-refractivity contribution in [1.82, 2.24) is 4.72 Å². The molecule has 1 amide bonds. The van der Waals surface area contributed by atoms with Crippen molar-refractivity contribution in [3.05, 3.63) is 29.3 Å². The van der Waals surface area contributed by atoms with Crippen molar-refractivity contribution >= 4 is 21.9 Å². The third-order valence-corrected chi connectivity index (χ3v) is 4.25. The number of nitrogens with two attached hydrogens (primary N) is 1. The van der Waals surface area contributed by atoms with Gasteiger partial charge < -0.3 is 10.8 Å². The van der Waals surface area contributed by atoms with Crippen LogP contribution in [0.5, 0.6) is 0 Å². The Morgan fingerprint density at radius 2 is 1.95 bits per heavy atom. The summed E-state index contributed by atoms with van der Waals surface area (Å²) < 4.78 is 26.2. The fourth-order valence-corrected chi connectivity index (χ4v) is 3.15. The van der Waals surface area contributed by atoms with Crippen molar-refractivity contribution < 1.29 is 23.1 Å². The van der Waals surface area contributed by atoms with Gasteiger partial charge in [0.15, 0.2) is 0 Å². The molecule has 1 aromatic rings. The molecular weight excluding hydrogens is 284 g/mol. The van der Waals surface area contributed by atoms with E-state index in [1.807, 2.05) is 11.6 Å². The number of sulfonamides is 1. The van der Waals surface area contributed by atoms with Crippen LogP contribution in [0.15, 0.2) is 23.1 Å². The van der Waals surface area contributed by atoms with E-state index in [0.717, 1.165) is 5.56 Å². The van der Waals surface area contributed by atoms with E-state index in [1.54, 1.807) is 19.1 Å². The Hall–Kier alpha value is -1.93. The first-order valence-corrected chi connectivity index (χ1v) is 7.22. The molecule has 0 saturated heterocycles. The third-order valence-electron chi connectivity index (χ3n) is 2.62. The van der Waals surface area contributed by atoms with Crippen molar-refractivity contribution in [2.24, 2.45) is 5.73 Å². The highest BCUT2D eigenvalue weighted by Gasteiger charge is 2.27. The lowest BCUT2D eigenvalue weighted by molar-refractivity contribution is -0.140. The molecule has 0 fully saturated rings. The fraction of sp³-hybridized carbons (Fsp3) is 0.333. The number of amides is 1. The predicted octanol–water partition coefficient (Wildman–Crippen LogP) is -0.0897. The molecule has 20 heavy (non-hydrogen) atoms. The zero-order chi connectivity index (χ0) is 15.5. The van der Waals surface area contributed by atoms with Crippen LogP contribution in [0.2, 0.25) is 0 Å². The fourth-order valence-electron chi connectivity index (χ4n) is 1.73. The van der Waals surface area contributed by atoms with Crippen molar-refractivity contribution in [2.75, 3.05) is 0 Å². The Morgan fingerprint density at radius 3 is 2.40 bits per heavy atom. The van der Waals surface area contributed by atoms with Crippen molar-refractivity contribution in [1.29, 1.82) is 0 Å². The number of carboxylic acid groups (broad SMARTS) is 1. The number of aryl methyl sites for hydroxylation is 2. The van der Waals surface area contributed by atoms with Gasteiger partial charge in [0, 0.05) is 0 Å². The number of rotatable bonds is 6. The van der Waals surface area contributed by atoms with Gasteiger partial charge in [-0.15, -0.1) is 0 Å². The molecule has 7 nitrogen and oxygen atoms in total. The average molecular weight is 300 g/mol. The summed E-state index contributed by atoms with van der Waals surface area (Å²) in [6.07, 6.45) is -0.612. The standard InChI is InChI=1S/C12H16N2O5S/c1-7-3-4-10(8(2)5-7)20(18,19)14-9(12(16)17)6-11(13)15/h3-5,9,14H,6H2,1-2H3,(H2,13,15)(H,16,17)/t9-/m1/s1. The van der Waals surface area contributed by atoms with Gasteiger partial charge in [0.05, 0.1) is 11.3 Å². The van der Waals surface area contributed by atoms with E-state index in [4.69, 9.17) is 10.8 Å². The summed E-state index contributed by atoms with van der Waals surface area (Å²) in [6, 6.07) is 3.07. The Morgan fingerprint density at radius 1 is 1.35 bits per heavy atom. The third kappa shape index (κ3) is 4.04. The van der Waals surface area contributed by atoms with E-state index in [-0.39, 0.29) is 4.90 Å². The lowest BCUT2D eigenvalue weighted by atomic mass is 10.2. The molecule has 1 rings (SSSR count). The summed E-state index contributed by atoms with van der Waals surface area (Å²) in [5.74, 6) is -2.36. The van der Waals surface area contributed by atoms with Crippen LogP contribution in [0, 0.1) is 13.8 Å². The lowest BCUT2D eigenvalue weighted by Gasteiger charge is -2.14. The average Bonchev–Trinajstić information content (AvgIpc) is 2.26. The quantitative estimate of drug-likeness (QED) is 0.676. The van der Waals surface area contributed by atoms with Gasteiger partial charge in [-0.2, -0.15) is 4.72 Å². The van der Waals surface area contributed by atoms with Crippen molar-refractivity contribution in [2.45, 2.75) is 31.2 Å². The zero-order valence-corrected chi connectivity index (χ0v) is 11.9. The van der Waals surface area contributed by atoms with E-state index in [1.165, 1.54) is 6.07 Å². The van der Waals surface area contributed by atoms with Gasteiger partial charge in [-0.3, -0.25) is 9.59 Å². The maximum atomic E-state index is 12.1. The first-order valence-electron chi connectivity index (χ1n) is 5.74. The summed E-state index contributed by atoms with van der Waals surface area (Å²) in [5.41, 5.74) is 6.27. The minimum absolute atomic E-state index is 0.0289. The van der Waals surface area contributed by atoms with Gasteiger partial charge in [-0.1, -0.05) is 17.7 Å². The molecule has 0 aliphatic heterocycles. The molecule has 0 aliphatic carbocycles. The number of benzene rings is 1. The molecule has 0 aromatic heterocycles. The maximum Gasteiger partial charge on any atom is 0.322 e. The van der Waals surface area contributed by atoms with E-state index in [0.29, 0.717) is 5.56 Å². The molecule has 0 aliphatic rings. The molecule has 0 heterocycles. The van der Waals surface area contributed by atoms with Crippen LogP contribution in [-0.2, 0) is 19.6 Å². The summed E-state index contributed by atoms with van der Waals surface area (Å²) in [7, 11) is -4.04. The van der Waals surface area contributed by atoms with E-state index in [2.05, 4.69) is 0 Å². The molecule has 0 unspecified atom stereocenters. The molecule has 110 valence electrons. The van der Waals surface area contributed by atoms with Crippen molar-refractivity contribution in [3.8, 4) is 0 Å². The number of carboxylic acids is 1. The molecule has 0 radical (unpaired) electrons. The smallest absolute Gasteiger partial charge is 0.322 e. The number of hydrogen-bond acceptors (Lipinski definition) is 4. The van der Waals surface area contributed by atoms with Gasteiger partial charge in [-0.25, -0.2) is 8.42 Å². The number of primary amides is 1. The second kappa shape index (κ2) is 6.02. The molecule has 0 bridgehead atoms. The van der Waals surface area contributed by atoms with Crippen molar-refractivity contribution in [3.63, 3.8) is 0 Å². The van der Waals surface area contributed by atoms with Crippen LogP contribution in [0.3, 0.4) is 0 Å². The number of aliphatic carboxylic acids is 1. The molecule has 8 heteroatoms. The molecule has 0 spiro atoms. The van der Waals surface area contributed by atoms with Crippen LogP contribution in [-0.4, -0.2) is 31.4 Å². The van der Waals surface area contributed by atoms with Crippen LogP contribution < -0.4 is 10.5 Å².